The highest BCUT2D eigenvalue weighted by Crippen LogP contribution is 2.46. The first-order valence-electron chi connectivity index (χ1n) is 22.3. The summed E-state index contributed by atoms with van der Waals surface area (Å²) in [6.45, 7) is 0. The van der Waals surface area contributed by atoms with Gasteiger partial charge in [-0.05, 0) is 95.9 Å². The van der Waals surface area contributed by atoms with Crippen LogP contribution in [0.5, 0.6) is 0 Å². The number of hydrogen-bond donors (Lipinski definition) is 0. The van der Waals surface area contributed by atoms with Crippen LogP contribution < -0.4 is 0 Å². The molecular weight excluding hydrogens is 520 g/mol. The minimum absolute atomic E-state index is 0.0869. The standard InChI is InChI=1S/C42H26O/c1-2-12-27(13-3-1)37-26-30(24-28-14-4-5-15-31(28)37)42-35-19-8-6-17-33(35)41(34-18-7-9-20-36(34)42)29-22-23-40-38(25-29)32-16-10-11-21-39(32)43-40/h1-26H/i1D,2D,3D,4D,5D,10D,11D,12D,13D,14D,15D,16D,21D,22D,23D,24D,25D,26D. The first-order chi connectivity index (χ1) is 28.8. The third-order valence-electron chi connectivity index (χ3n) is 7.50. The van der Waals surface area contributed by atoms with Gasteiger partial charge >= 0.3 is 0 Å². The molecule has 0 amide bonds. The molecule has 0 fully saturated rings. The summed E-state index contributed by atoms with van der Waals surface area (Å²) in [6.07, 6.45) is 0. The summed E-state index contributed by atoms with van der Waals surface area (Å²) in [4.78, 5) is 0. The van der Waals surface area contributed by atoms with Crippen molar-refractivity contribution in [1.82, 2.24) is 0 Å². The van der Waals surface area contributed by atoms with Gasteiger partial charge in [-0.15, -0.1) is 0 Å². The number of para-hydroxylation sites is 1. The predicted octanol–water partition coefficient (Wildman–Crippen LogP) is 12.0. The van der Waals surface area contributed by atoms with Gasteiger partial charge < -0.3 is 4.42 Å². The van der Waals surface area contributed by atoms with Gasteiger partial charge in [0.05, 0.1) is 24.7 Å². The van der Waals surface area contributed by atoms with E-state index in [1.165, 1.54) is 0 Å². The van der Waals surface area contributed by atoms with Crippen LogP contribution in [-0.2, 0) is 0 Å². The van der Waals surface area contributed by atoms with E-state index in [9.17, 15) is 5.48 Å². The molecule has 1 heteroatoms. The lowest BCUT2D eigenvalue weighted by Gasteiger charge is -2.19. The van der Waals surface area contributed by atoms with Gasteiger partial charge in [-0.25, -0.2) is 0 Å². The predicted molar refractivity (Wildman–Crippen MR) is 183 cm³/mol. The van der Waals surface area contributed by atoms with Crippen LogP contribution in [0.4, 0.5) is 0 Å². The molecule has 43 heavy (non-hydrogen) atoms. The Hall–Kier alpha value is -5.66. The number of benzene rings is 8. The zero-order valence-electron chi connectivity index (χ0n) is 40.0. The largest absolute Gasteiger partial charge is 0.456 e. The van der Waals surface area contributed by atoms with Gasteiger partial charge in [0.15, 0.2) is 0 Å². The molecule has 0 N–H and O–H groups in total. The van der Waals surface area contributed by atoms with Gasteiger partial charge in [0.2, 0.25) is 0 Å². The van der Waals surface area contributed by atoms with Crippen LogP contribution in [0.3, 0.4) is 0 Å². The van der Waals surface area contributed by atoms with Crippen molar-refractivity contribution in [2.75, 3.05) is 0 Å². The summed E-state index contributed by atoms with van der Waals surface area (Å²) < 4.78 is 165. The lowest BCUT2D eigenvalue weighted by atomic mass is 9.84. The van der Waals surface area contributed by atoms with Gasteiger partial charge in [0.25, 0.3) is 0 Å². The number of rotatable bonds is 3. The summed E-state index contributed by atoms with van der Waals surface area (Å²) >= 11 is 0. The number of hydrogen-bond acceptors (Lipinski definition) is 1. The molecule has 0 bridgehead atoms. The van der Waals surface area contributed by atoms with Gasteiger partial charge in [-0.2, -0.15) is 0 Å². The van der Waals surface area contributed by atoms with Crippen LogP contribution in [-0.4, -0.2) is 0 Å². The fraction of sp³-hybridized carbons (Fsp3) is 0. The van der Waals surface area contributed by atoms with Gasteiger partial charge in [-0.3, -0.25) is 0 Å². The molecule has 0 atom stereocenters. The topological polar surface area (TPSA) is 13.1 Å². The van der Waals surface area contributed by atoms with Crippen molar-refractivity contribution in [3.05, 3.63) is 157 Å². The maximum absolute atomic E-state index is 9.84. The van der Waals surface area contributed by atoms with E-state index in [0.717, 1.165) is 0 Å². The Balaban J connectivity index is 1.51. The summed E-state index contributed by atoms with van der Waals surface area (Å²) in [5.74, 6) is 0. The van der Waals surface area contributed by atoms with E-state index < -0.39 is 114 Å². The van der Waals surface area contributed by atoms with Crippen LogP contribution in [0.1, 0.15) is 24.7 Å². The van der Waals surface area contributed by atoms with E-state index >= 15 is 0 Å². The molecule has 200 valence electrons. The van der Waals surface area contributed by atoms with Gasteiger partial charge in [0.1, 0.15) is 11.2 Å². The Bertz CT molecular complexity index is 3430. The van der Waals surface area contributed by atoms with Crippen molar-refractivity contribution in [3.8, 4) is 33.4 Å². The molecule has 8 aromatic carbocycles. The second-order valence-electron chi connectivity index (χ2n) is 9.85. The van der Waals surface area contributed by atoms with Crippen molar-refractivity contribution < 1.29 is 29.1 Å². The first kappa shape index (κ1) is 12.3. The fourth-order valence-corrected chi connectivity index (χ4v) is 5.72. The minimum Gasteiger partial charge on any atom is -0.456 e. The van der Waals surface area contributed by atoms with E-state index in [1.54, 1.807) is 48.5 Å². The monoisotopic (exact) mass is 564 g/mol. The Morgan fingerprint density at radius 2 is 0.977 bits per heavy atom. The Labute approximate surface area is 274 Å². The minimum atomic E-state index is -0.745. The zero-order valence-corrected chi connectivity index (χ0v) is 22.0. The summed E-state index contributed by atoms with van der Waals surface area (Å²) in [6, 6.07) is 2.27. The summed E-state index contributed by atoms with van der Waals surface area (Å²) in [7, 11) is 0. The van der Waals surface area contributed by atoms with Crippen molar-refractivity contribution >= 4 is 54.3 Å². The van der Waals surface area contributed by atoms with Crippen LogP contribution >= 0.6 is 0 Å². The molecule has 1 aromatic heterocycles. The lowest BCUT2D eigenvalue weighted by Crippen LogP contribution is -1.92. The van der Waals surface area contributed by atoms with Crippen molar-refractivity contribution in [3.63, 3.8) is 0 Å². The van der Waals surface area contributed by atoms with E-state index in [1.807, 2.05) is 0 Å². The Morgan fingerprint density at radius 3 is 1.70 bits per heavy atom. The van der Waals surface area contributed by atoms with Crippen LogP contribution in [0.15, 0.2) is 162 Å². The van der Waals surface area contributed by atoms with Crippen LogP contribution in [0.25, 0.3) is 87.6 Å². The average Bonchev–Trinajstić information content (AvgIpc) is 3.66. The molecule has 0 saturated heterocycles. The van der Waals surface area contributed by atoms with E-state index in [2.05, 4.69) is 0 Å². The van der Waals surface area contributed by atoms with E-state index in [0.29, 0.717) is 21.5 Å². The Kier molecular flexibility index (Phi) is 2.70. The molecule has 1 heterocycles. The highest BCUT2D eigenvalue weighted by atomic mass is 16.3. The highest BCUT2D eigenvalue weighted by Gasteiger charge is 2.19. The average molecular weight is 565 g/mol. The molecule has 0 radical (unpaired) electrons. The number of fused-ring (bicyclic) bond motifs is 6. The summed E-state index contributed by atoms with van der Waals surface area (Å²) in [5.41, 5.74) is -1.32. The molecule has 0 spiro atoms. The third-order valence-corrected chi connectivity index (χ3v) is 7.50. The van der Waals surface area contributed by atoms with Crippen molar-refractivity contribution in [1.29, 1.82) is 0 Å². The molecule has 0 aliphatic heterocycles. The van der Waals surface area contributed by atoms with Gasteiger partial charge in [-0.1, -0.05) is 127 Å². The molecule has 0 aliphatic carbocycles. The van der Waals surface area contributed by atoms with Crippen LogP contribution in [0.2, 0.25) is 0 Å². The SMILES string of the molecule is [2H]c1c([2H])c([2H])c(-c2c([2H])c(-c3c4ccccc4c(-c4c([2H])c([2H])c5oc6c([2H])c([2H])c([2H])c([2H])c6c5c4[2H])c4ccccc34)c([2H])c3c([2H])c([2H])c([2H])c([2H])c23)c([2H])c1[2H]. The van der Waals surface area contributed by atoms with E-state index in [4.69, 9.17) is 23.6 Å². The van der Waals surface area contributed by atoms with Crippen LogP contribution in [0, 0.1) is 0 Å². The molecule has 9 rings (SSSR count). The van der Waals surface area contributed by atoms with Crippen molar-refractivity contribution in [2.45, 2.75) is 0 Å². The molecule has 0 saturated carbocycles. The maximum atomic E-state index is 9.84. The maximum Gasteiger partial charge on any atom is 0.135 e. The number of furan rings is 1. The molecular formula is C42H26O. The molecule has 9 aromatic rings. The Morgan fingerprint density at radius 1 is 0.395 bits per heavy atom. The second-order valence-corrected chi connectivity index (χ2v) is 9.85. The molecule has 0 aliphatic rings. The first-order valence-corrected chi connectivity index (χ1v) is 13.3. The second kappa shape index (κ2) is 9.44. The fourth-order valence-electron chi connectivity index (χ4n) is 5.72. The summed E-state index contributed by atoms with van der Waals surface area (Å²) in [5, 5.41) is 0.319. The van der Waals surface area contributed by atoms with Gasteiger partial charge in [0, 0.05) is 10.8 Å². The quantitative estimate of drug-likeness (QED) is 0.195. The van der Waals surface area contributed by atoms with E-state index in [-0.39, 0.29) is 61.0 Å². The lowest BCUT2D eigenvalue weighted by molar-refractivity contribution is 0.669. The highest BCUT2D eigenvalue weighted by molar-refractivity contribution is 6.23. The third kappa shape index (κ3) is 3.72. The zero-order chi connectivity index (χ0) is 44.0. The smallest absolute Gasteiger partial charge is 0.135 e. The molecule has 0 unspecified atom stereocenters. The normalized spacial score (nSPS) is 17.6. The van der Waals surface area contributed by atoms with Crippen molar-refractivity contribution in [2.24, 2.45) is 0 Å². The molecule has 1 nitrogen and oxygen atoms in total.